The van der Waals surface area contributed by atoms with E-state index in [-0.39, 0.29) is 12.3 Å². The summed E-state index contributed by atoms with van der Waals surface area (Å²) >= 11 is 0. The van der Waals surface area contributed by atoms with Crippen LogP contribution in [0.15, 0.2) is 39.9 Å². The summed E-state index contributed by atoms with van der Waals surface area (Å²) in [6, 6.07) is 10.2. The monoisotopic (exact) mass is 313 g/mol. The van der Waals surface area contributed by atoms with Crippen LogP contribution in [0.5, 0.6) is 5.75 Å². The first kappa shape index (κ1) is 16.1. The summed E-state index contributed by atoms with van der Waals surface area (Å²) < 4.78 is 10.7. The molecular formula is C15H15N5O3. The molecule has 0 aliphatic carbocycles. The Kier molecular flexibility index (Phi) is 4.96. The van der Waals surface area contributed by atoms with Gasteiger partial charge in [-0.05, 0) is 24.3 Å². The van der Waals surface area contributed by atoms with Crippen molar-refractivity contribution < 1.29 is 14.3 Å². The largest absolute Gasteiger partial charge is 0.497 e. The molecule has 8 nitrogen and oxygen atoms in total. The van der Waals surface area contributed by atoms with Gasteiger partial charge in [-0.1, -0.05) is 0 Å². The number of benzene rings is 1. The number of nitriles is 1. The molecule has 0 unspecified atom stereocenters. The molecule has 0 amide bonds. The molecule has 0 fully saturated rings. The Bertz CT molecular complexity index is 789. The summed E-state index contributed by atoms with van der Waals surface area (Å²) in [5.74, 6) is 1.06. The van der Waals surface area contributed by atoms with Crippen LogP contribution in [0.2, 0.25) is 0 Å². The second kappa shape index (κ2) is 7.11. The van der Waals surface area contributed by atoms with Gasteiger partial charge in [-0.2, -0.15) is 10.4 Å². The van der Waals surface area contributed by atoms with E-state index in [0.29, 0.717) is 28.5 Å². The molecule has 0 aliphatic rings. The predicted octanol–water partition coefficient (Wildman–Crippen LogP) is 1.67. The molecule has 0 spiro atoms. The quantitative estimate of drug-likeness (QED) is 0.363. The molecule has 5 N–H and O–H groups in total. The van der Waals surface area contributed by atoms with Gasteiger partial charge < -0.3 is 20.0 Å². The lowest BCUT2D eigenvalue weighted by molar-refractivity contribution is 0.248. The number of nitrogens with one attached hydrogen (secondary N) is 2. The first-order chi connectivity index (χ1) is 11.1. The Morgan fingerprint density at radius 1 is 1.48 bits per heavy atom. The van der Waals surface area contributed by atoms with Crippen molar-refractivity contribution in [3.8, 4) is 23.1 Å². The molecule has 0 saturated carbocycles. The lowest BCUT2D eigenvalue weighted by Crippen LogP contribution is -2.21. The number of ether oxygens (including phenoxy) is 1. The van der Waals surface area contributed by atoms with E-state index < -0.39 is 5.84 Å². The summed E-state index contributed by atoms with van der Waals surface area (Å²) in [6.45, 7) is -0.208. The molecule has 0 bridgehead atoms. The third-order valence-corrected chi connectivity index (χ3v) is 2.96. The van der Waals surface area contributed by atoms with Gasteiger partial charge in [0.05, 0.1) is 12.8 Å². The standard InChI is InChI=1S/C15H15N5O3/c1-22-9-2-4-11(14-5-3-10(8-21)23-14)12(6-9)19-20-13(7-16)15(17)18/h2-6,19,21H,8H2,1H3,(H3,17,18)/b20-13+. The van der Waals surface area contributed by atoms with Crippen LogP contribution in [-0.2, 0) is 6.61 Å². The van der Waals surface area contributed by atoms with Crippen LogP contribution >= 0.6 is 0 Å². The van der Waals surface area contributed by atoms with Crippen LogP contribution in [0, 0.1) is 16.7 Å². The van der Waals surface area contributed by atoms with Gasteiger partial charge in [0.1, 0.15) is 29.9 Å². The zero-order valence-corrected chi connectivity index (χ0v) is 12.3. The van der Waals surface area contributed by atoms with Crippen molar-refractivity contribution in [2.45, 2.75) is 6.61 Å². The minimum absolute atomic E-state index is 0.208. The highest BCUT2D eigenvalue weighted by atomic mass is 16.5. The third kappa shape index (κ3) is 3.66. The topological polar surface area (TPSA) is 141 Å². The molecule has 118 valence electrons. The minimum atomic E-state index is -0.440. The molecule has 1 aromatic heterocycles. The van der Waals surface area contributed by atoms with Crippen molar-refractivity contribution in [2.75, 3.05) is 12.5 Å². The predicted molar refractivity (Wildman–Crippen MR) is 85.2 cm³/mol. The van der Waals surface area contributed by atoms with Crippen LogP contribution in [-0.4, -0.2) is 23.8 Å². The van der Waals surface area contributed by atoms with Crippen LogP contribution in [0.3, 0.4) is 0 Å². The molecule has 0 saturated heterocycles. The van der Waals surface area contributed by atoms with E-state index in [1.54, 1.807) is 36.4 Å². The zero-order valence-electron chi connectivity index (χ0n) is 12.3. The van der Waals surface area contributed by atoms with Gasteiger partial charge >= 0.3 is 0 Å². The molecule has 8 heteroatoms. The lowest BCUT2D eigenvalue weighted by Gasteiger charge is -2.09. The van der Waals surface area contributed by atoms with Gasteiger partial charge in [-0.25, -0.2) is 0 Å². The molecule has 2 aromatic rings. The number of aliphatic hydroxyl groups is 1. The van der Waals surface area contributed by atoms with Crippen LogP contribution in [0.4, 0.5) is 5.69 Å². The smallest absolute Gasteiger partial charge is 0.201 e. The van der Waals surface area contributed by atoms with E-state index >= 15 is 0 Å². The normalized spacial score (nSPS) is 10.9. The zero-order chi connectivity index (χ0) is 16.8. The van der Waals surface area contributed by atoms with Crippen LogP contribution in [0.25, 0.3) is 11.3 Å². The highest BCUT2D eigenvalue weighted by Gasteiger charge is 2.11. The summed E-state index contributed by atoms with van der Waals surface area (Å²) in [4.78, 5) is 0. The van der Waals surface area contributed by atoms with Crippen LogP contribution < -0.4 is 15.9 Å². The third-order valence-electron chi connectivity index (χ3n) is 2.96. The number of hydrazone groups is 1. The fourth-order valence-electron chi connectivity index (χ4n) is 1.83. The van der Waals surface area contributed by atoms with Crippen molar-refractivity contribution in [1.82, 2.24) is 0 Å². The van der Waals surface area contributed by atoms with E-state index in [1.165, 1.54) is 7.11 Å². The van der Waals surface area contributed by atoms with Crippen molar-refractivity contribution in [3.63, 3.8) is 0 Å². The number of methoxy groups -OCH3 is 1. The van der Waals surface area contributed by atoms with Crippen molar-refractivity contribution in [1.29, 1.82) is 10.7 Å². The van der Waals surface area contributed by atoms with Crippen molar-refractivity contribution >= 4 is 17.2 Å². The number of hydrogen-bond acceptors (Lipinski definition) is 7. The average Bonchev–Trinajstić information content (AvgIpc) is 3.03. The number of nitrogens with zero attached hydrogens (tertiary/aromatic N) is 2. The van der Waals surface area contributed by atoms with E-state index in [4.69, 9.17) is 30.7 Å². The summed E-state index contributed by atoms with van der Waals surface area (Å²) in [5, 5.41) is 29.0. The number of rotatable bonds is 6. The fraction of sp³-hybridized carbons (Fsp3) is 0.133. The maximum Gasteiger partial charge on any atom is 0.201 e. The average molecular weight is 313 g/mol. The van der Waals surface area contributed by atoms with E-state index in [2.05, 4.69) is 10.5 Å². The highest BCUT2D eigenvalue weighted by Crippen LogP contribution is 2.32. The fourth-order valence-corrected chi connectivity index (χ4v) is 1.83. The van der Waals surface area contributed by atoms with Gasteiger partial charge in [0, 0.05) is 11.6 Å². The Morgan fingerprint density at radius 3 is 2.83 bits per heavy atom. The van der Waals surface area contributed by atoms with Crippen LogP contribution in [0.1, 0.15) is 5.76 Å². The Balaban J connectivity index is 2.43. The maximum absolute atomic E-state index is 9.09. The van der Waals surface area contributed by atoms with Gasteiger partial charge in [0.25, 0.3) is 0 Å². The minimum Gasteiger partial charge on any atom is -0.497 e. The molecule has 2 rings (SSSR count). The van der Waals surface area contributed by atoms with Gasteiger partial charge in [0.15, 0.2) is 5.84 Å². The Morgan fingerprint density at radius 2 is 2.26 bits per heavy atom. The molecule has 0 atom stereocenters. The van der Waals surface area contributed by atoms with E-state index in [0.717, 1.165) is 0 Å². The Labute approximate surface area is 132 Å². The van der Waals surface area contributed by atoms with Gasteiger partial charge in [0.2, 0.25) is 5.71 Å². The summed E-state index contributed by atoms with van der Waals surface area (Å²) in [7, 11) is 1.52. The molecule has 1 aromatic carbocycles. The number of amidine groups is 1. The molecular weight excluding hydrogens is 298 g/mol. The van der Waals surface area contributed by atoms with Crippen molar-refractivity contribution in [3.05, 3.63) is 36.1 Å². The Hall–Kier alpha value is -3.31. The lowest BCUT2D eigenvalue weighted by atomic mass is 10.1. The number of furan rings is 1. The molecule has 23 heavy (non-hydrogen) atoms. The first-order valence-corrected chi connectivity index (χ1v) is 6.55. The summed E-state index contributed by atoms with van der Waals surface area (Å²) in [5.41, 5.74) is 8.85. The SMILES string of the molecule is COc1ccc(-c2ccc(CO)o2)c(N/N=C(\C#N)C(=N)N)c1. The second-order valence-electron chi connectivity index (χ2n) is 4.43. The maximum atomic E-state index is 9.09. The number of nitrogens with two attached hydrogens (primary N) is 1. The van der Waals surface area contributed by atoms with Crippen molar-refractivity contribution in [2.24, 2.45) is 10.8 Å². The first-order valence-electron chi connectivity index (χ1n) is 6.55. The highest BCUT2D eigenvalue weighted by molar-refractivity contribution is 6.45. The van der Waals surface area contributed by atoms with Gasteiger partial charge in [-0.15, -0.1) is 0 Å². The summed E-state index contributed by atoms with van der Waals surface area (Å²) in [6.07, 6.45) is 0. The molecule has 1 heterocycles. The molecule has 0 radical (unpaired) electrons. The number of aliphatic hydroxyl groups excluding tert-OH is 1. The van der Waals surface area contributed by atoms with E-state index in [1.807, 2.05) is 0 Å². The van der Waals surface area contributed by atoms with Gasteiger partial charge in [-0.3, -0.25) is 10.8 Å². The second-order valence-corrected chi connectivity index (χ2v) is 4.43. The number of anilines is 1. The molecule has 0 aliphatic heterocycles. The van der Waals surface area contributed by atoms with E-state index in [9.17, 15) is 0 Å². The number of hydrogen-bond donors (Lipinski definition) is 4.